The van der Waals surface area contributed by atoms with E-state index in [9.17, 15) is 23.7 Å². The van der Waals surface area contributed by atoms with Crippen LogP contribution < -0.4 is 10.9 Å². The molecular weight excluding hydrogens is 484 g/mol. The van der Waals surface area contributed by atoms with Crippen molar-refractivity contribution in [2.75, 3.05) is 17.5 Å². The first-order chi connectivity index (χ1) is 17.3. The van der Waals surface area contributed by atoms with Gasteiger partial charge >= 0.3 is 0 Å². The van der Waals surface area contributed by atoms with E-state index in [1.54, 1.807) is 48.5 Å². The van der Waals surface area contributed by atoms with Gasteiger partial charge in [-0.25, -0.2) is 0 Å². The topological polar surface area (TPSA) is 153 Å². The van der Waals surface area contributed by atoms with Gasteiger partial charge in [0, 0.05) is 0 Å². The molecular formula is C25H28N4O6S. The van der Waals surface area contributed by atoms with Crippen molar-refractivity contribution in [3.8, 4) is 0 Å². The van der Waals surface area contributed by atoms with Crippen LogP contribution in [0.4, 0.5) is 11.4 Å². The summed E-state index contributed by atoms with van der Waals surface area (Å²) >= 11 is 0. The first-order valence-corrected chi connectivity index (χ1v) is 12.4. The van der Waals surface area contributed by atoms with Crippen LogP contribution in [-0.4, -0.2) is 60.6 Å². The van der Waals surface area contributed by atoms with Gasteiger partial charge in [0.2, 0.25) is 0 Å². The third-order valence-electron chi connectivity index (χ3n) is 4.98. The molecule has 3 rings (SSSR count). The zero-order chi connectivity index (χ0) is 26.0. The van der Waals surface area contributed by atoms with E-state index in [0.29, 0.717) is 11.4 Å². The standard InChI is InChI=1S/C25H28N4O6S/c1-18-12-14-21(15-13-18)36(33,34)35-17-23(30)25(32)24(31)22(29-28-20-10-6-3-7-11-20)16-26-27-19-8-4-2-5-9-19/h2-16,23-25,27-28,30-32H,17H2,1H3/b26-16+,29-22-. The van der Waals surface area contributed by atoms with E-state index in [-0.39, 0.29) is 10.6 Å². The summed E-state index contributed by atoms with van der Waals surface area (Å²) in [5.41, 5.74) is 7.52. The molecule has 3 aromatic rings. The van der Waals surface area contributed by atoms with Crippen molar-refractivity contribution in [3.63, 3.8) is 0 Å². The van der Waals surface area contributed by atoms with Crippen LogP contribution in [0, 0.1) is 6.92 Å². The van der Waals surface area contributed by atoms with E-state index < -0.39 is 35.0 Å². The fourth-order valence-electron chi connectivity index (χ4n) is 2.92. The van der Waals surface area contributed by atoms with Crippen molar-refractivity contribution in [2.24, 2.45) is 10.2 Å². The number of aliphatic hydroxyl groups excluding tert-OH is 3. The summed E-state index contributed by atoms with van der Waals surface area (Å²) in [4.78, 5) is -0.0937. The zero-order valence-electron chi connectivity index (χ0n) is 19.5. The number of hydrogen-bond acceptors (Lipinski definition) is 10. The average Bonchev–Trinajstić information content (AvgIpc) is 2.90. The van der Waals surface area contributed by atoms with E-state index in [2.05, 4.69) is 21.1 Å². The van der Waals surface area contributed by atoms with Crippen LogP contribution in [0.2, 0.25) is 0 Å². The highest BCUT2D eigenvalue weighted by atomic mass is 32.2. The lowest BCUT2D eigenvalue weighted by molar-refractivity contribution is -0.0497. The fraction of sp³-hybridized carbons (Fsp3) is 0.200. The second kappa shape index (κ2) is 12.9. The van der Waals surface area contributed by atoms with E-state index in [0.717, 1.165) is 5.56 Å². The lowest BCUT2D eigenvalue weighted by Crippen LogP contribution is -2.45. The summed E-state index contributed by atoms with van der Waals surface area (Å²) in [6.45, 7) is 1.02. The van der Waals surface area contributed by atoms with Crippen molar-refractivity contribution < 1.29 is 27.9 Å². The van der Waals surface area contributed by atoms with Crippen LogP contribution in [0.15, 0.2) is 100 Å². The Kier molecular flexibility index (Phi) is 9.68. The summed E-state index contributed by atoms with van der Waals surface area (Å²) < 4.78 is 29.6. The second-order valence-corrected chi connectivity index (χ2v) is 9.42. The molecule has 0 spiro atoms. The summed E-state index contributed by atoms with van der Waals surface area (Å²) in [7, 11) is -4.17. The molecule has 0 aromatic heterocycles. The van der Waals surface area contributed by atoms with E-state index in [1.807, 2.05) is 31.2 Å². The van der Waals surface area contributed by atoms with Gasteiger partial charge in [0.1, 0.15) is 24.0 Å². The zero-order valence-corrected chi connectivity index (χ0v) is 20.3. The molecule has 0 aliphatic rings. The minimum Gasteiger partial charge on any atom is -0.388 e. The third-order valence-corrected chi connectivity index (χ3v) is 6.27. The van der Waals surface area contributed by atoms with Gasteiger partial charge in [-0.05, 0) is 43.3 Å². The molecule has 5 N–H and O–H groups in total. The number of nitrogens with zero attached hydrogens (tertiary/aromatic N) is 2. The fourth-order valence-corrected chi connectivity index (χ4v) is 3.84. The van der Waals surface area contributed by atoms with Gasteiger partial charge in [-0.15, -0.1) is 0 Å². The maximum absolute atomic E-state index is 12.4. The predicted molar refractivity (Wildman–Crippen MR) is 138 cm³/mol. The summed E-state index contributed by atoms with van der Waals surface area (Å²) in [6, 6.07) is 23.8. The molecule has 0 aliphatic heterocycles. The summed E-state index contributed by atoms with van der Waals surface area (Å²) in [5, 5.41) is 39.7. The number of hydrogen-bond donors (Lipinski definition) is 5. The van der Waals surface area contributed by atoms with Crippen LogP contribution in [0.1, 0.15) is 5.56 Å². The number of benzene rings is 3. The first kappa shape index (κ1) is 27.0. The maximum atomic E-state index is 12.4. The highest BCUT2D eigenvalue weighted by Crippen LogP contribution is 2.15. The third kappa shape index (κ3) is 7.97. The Morgan fingerprint density at radius 2 is 1.44 bits per heavy atom. The number of aliphatic hydroxyl groups is 3. The molecule has 10 nitrogen and oxygen atoms in total. The summed E-state index contributed by atoms with van der Waals surface area (Å²) in [5.74, 6) is 0. The van der Waals surface area contributed by atoms with E-state index in [4.69, 9.17) is 4.18 Å². The molecule has 0 saturated carbocycles. The van der Waals surface area contributed by atoms with Crippen molar-refractivity contribution >= 4 is 33.4 Å². The van der Waals surface area contributed by atoms with Crippen LogP contribution in [-0.2, 0) is 14.3 Å². The Bertz CT molecular complexity index is 1250. The predicted octanol–water partition coefficient (Wildman–Crippen LogP) is 2.35. The van der Waals surface area contributed by atoms with E-state index in [1.165, 1.54) is 18.3 Å². The number of rotatable bonds is 12. The molecule has 3 aromatic carbocycles. The quantitative estimate of drug-likeness (QED) is 0.141. The van der Waals surface area contributed by atoms with Gasteiger partial charge in [0.15, 0.2) is 0 Å². The smallest absolute Gasteiger partial charge is 0.297 e. The van der Waals surface area contributed by atoms with Gasteiger partial charge in [0.05, 0.1) is 29.1 Å². The van der Waals surface area contributed by atoms with Gasteiger partial charge in [-0.3, -0.25) is 15.0 Å². The lowest BCUT2D eigenvalue weighted by atomic mass is 10.0. The molecule has 0 fully saturated rings. The van der Waals surface area contributed by atoms with Crippen LogP contribution >= 0.6 is 0 Å². The van der Waals surface area contributed by atoms with Crippen LogP contribution in [0.5, 0.6) is 0 Å². The Labute approximate surface area is 209 Å². The molecule has 0 heterocycles. The van der Waals surface area contributed by atoms with Crippen molar-refractivity contribution in [2.45, 2.75) is 30.1 Å². The minimum atomic E-state index is -4.17. The molecule has 3 unspecified atom stereocenters. The van der Waals surface area contributed by atoms with Crippen molar-refractivity contribution in [1.82, 2.24) is 0 Å². The largest absolute Gasteiger partial charge is 0.388 e. The Morgan fingerprint density at radius 1 is 0.889 bits per heavy atom. The molecule has 0 amide bonds. The number of hydrazone groups is 2. The van der Waals surface area contributed by atoms with Crippen molar-refractivity contribution in [3.05, 3.63) is 90.5 Å². The number of aryl methyl sites for hydroxylation is 1. The van der Waals surface area contributed by atoms with Gasteiger partial charge < -0.3 is 15.3 Å². The number of anilines is 2. The van der Waals surface area contributed by atoms with Crippen LogP contribution in [0.25, 0.3) is 0 Å². The monoisotopic (exact) mass is 512 g/mol. The normalized spacial score (nSPS) is 14.8. The van der Waals surface area contributed by atoms with Gasteiger partial charge in [-0.1, -0.05) is 54.1 Å². The highest BCUT2D eigenvalue weighted by molar-refractivity contribution is 7.86. The molecule has 11 heteroatoms. The van der Waals surface area contributed by atoms with Crippen LogP contribution in [0.3, 0.4) is 0 Å². The number of para-hydroxylation sites is 2. The molecule has 3 atom stereocenters. The molecule has 36 heavy (non-hydrogen) atoms. The second-order valence-electron chi connectivity index (χ2n) is 7.80. The Morgan fingerprint density at radius 3 is 2.03 bits per heavy atom. The molecule has 190 valence electrons. The van der Waals surface area contributed by atoms with Gasteiger partial charge in [0.25, 0.3) is 10.1 Å². The highest BCUT2D eigenvalue weighted by Gasteiger charge is 2.30. The molecule has 0 aliphatic carbocycles. The van der Waals surface area contributed by atoms with E-state index >= 15 is 0 Å². The minimum absolute atomic E-state index is 0.0937. The SMILES string of the molecule is Cc1ccc(S(=O)(=O)OCC(O)C(O)C(O)C(/C=N/Nc2ccccc2)=N\Nc2ccccc2)cc1. The lowest BCUT2D eigenvalue weighted by Gasteiger charge is -2.22. The Balaban J connectivity index is 1.69. The average molecular weight is 513 g/mol. The molecule has 0 saturated heterocycles. The first-order valence-electron chi connectivity index (χ1n) is 11.0. The summed E-state index contributed by atoms with van der Waals surface area (Å²) in [6.07, 6.45) is -4.15. The maximum Gasteiger partial charge on any atom is 0.297 e. The molecule has 0 radical (unpaired) electrons. The molecule has 0 bridgehead atoms. The number of nitrogens with one attached hydrogen (secondary N) is 2. The Hall–Kier alpha value is -3.61. The van der Waals surface area contributed by atoms with Gasteiger partial charge in [-0.2, -0.15) is 18.6 Å². The van der Waals surface area contributed by atoms with Crippen molar-refractivity contribution in [1.29, 1.82) is 0 Å².